The lowest BCUT2D eigenvalue weighted by Crippen LogP contribution is -2.28. The van der Waals surface area contributed by atoms with E-state index in [4.69, 9.17) is 0 Å². The van der Waals surface area contributed by atoms with Crippen LogP contribution in [-0.4, -0.2) is 34.8 Å². The van der Waals surface area contributed by atoms with Gasteiger partial charge in [0.15, 0.2) is 0 Å². The molecule has 0 saturated carbocycles. The Balaban J connectivity index is 2.46. The lowest BCUT2D eigenvalue weighted by molar-refractivity contribution is 0.301. The Morgan fingerprint density at radius 3 is 2.74 bits per heavy atom. The normalized spacial score (nSPS) is 11.2. The molecule has 0 unspecified atom stereocenters. The summed E-state index contributed by atoms with van der Waals surface area (Å²) in [6, 6.07) is 0. The van der Waals surface area contributed by atoms with Crippen molar-refractivity contribution < 1.29 is 5.11 Å². The number of thiophene rings is 1. The Morgan fingerprint density at radius 2 is 2.05 bits per heavy atom. The Morgan fingerprint density at radius 1 is 1.26 bits per heavy atom. The van der Waals surface area contributed by atoms with Crippen molar-refractivity contribution >= 4 is 27.4 Å². The third kappa shape index (κ3) is 2.87. The predicted octanol–water partition coefficient (Wildman–Crippen LogP) is 2.91. The Hall–Kier alpha value is -1.20. The van der Waals surface area contributed by atoms with Gasteiger partial charge in [-0.1, -0.05) is 13.3 Å². The van der Waals surface area contributed by atoms with E-state index in [1.54, 1.807) is 17.7 Å². The Kier molecular flexibility index (Phi) is 4.71. The molecule has 1 N–H and O–H groups in total. The SMILES string of the molecule is CCCCN(CCO)c1ncnc2sc(C)c(C)c12. The number of aliphatic hydroxyl groups excluding tert-OH is 1. The fourth-order valence-electron chi connectivity index (χ4n) is 2.20. The predicted molar refractivity (Wildman–Crippen MR) is 81.1 cm³/mol. The van der Waals surface area contributed by atoms with Gasteiger partial charge in [-0.3, -0.25) is 0 Å². The number of fused-ring (bicyclic) bond motifs is 1. The molecule has 2 aromatic heterocycles. The van der Waals surface area contributed by atoms with Crippen LogP contribution in [0, 0.1) is 13.8 Å². The van der Waals surface area contributed by atoms with E-state index in [0.717, 1.165) is 35.4 Å². The number of anilines is 1. The summed E-state index contributed by atoms with van der Waals surface area (Å²) < 4.78 is 0. The molecule has 0 aliphatic carbocycles. The monoisotopic (exact) mass is 279 g/mol. The number of nitrogens with zero attached hydrogens (tertiary/aromatic N) is 3. The number of aryl methyl sites for hydroxylation is 2. The summed E-state index contributed by atoms with van der Waals surface area (Å²) in [5.74, 6) is 0.967. The van der Waals surface area contributed by atoms with Gasteiger partial charge < -0.3 is 10.0 Å². The molecule has 0 amide bonds. The lowest BCUT2D eigenvalue weighted by Gasteiger charge is -2.23. The molecule has 2 heterocycles. The van der Waals surface area contributed by atoms with E-state index in [1.807, 2.05) is 0 Å². The summed E-state index contributed by atoms with van der Waals surface area (Å²) in [7, 11) is 0. The van der Waals surface area contributed by atoms with Crippen LogP contribution in [0.1, 0.15) is 30.2 Å². The summed E-state index contributed by atoms with van der Waals surface area (Å²) in [6.45, 7) is 8.12. The van der Waals surface area contributed by atoms with Crippen LogP contribution in [0.25, 0.3) is 10.2 Å². The molecule has 5 heteroatoms. The van der Waals surface area contributed by atoms with E-state index >= 15 is 0 Å². The Labute approximate surface area is 118 Å². The molecule has 0 aliphatic rings. The van der Waals surface area contributed by atoms with Gasteiger partial charge in [0.05, 0.1) is 12.0 Å². The standard InChI is InChI=1S/C14H21N3OS/c1-4-5-6-17(7-8-18)13-12-10(2)11(3)19-14(12)16-9-15-13/h9,18H,4-8H2,1-3H3. The van der Waals surface area contributed by atoms with Crippen LogP contribution in [-0.2, 0) is 0 Å². The first-order valence-electron chi connectivity index (χ1n) is 6.75. The van der Waals surface area contributed by atoms with Crippen LogP contribution in [0.4, 0.5) is 5.82 Å². The molecular formula is C14H21N3OS. The fourth-order valence-corrected chi connectivity index (χ4v) is 3.19. The van der Waals surface area contributed by atoms with Crippen LogP contribution < -0.4 is 4.90 Å². The minimum absolute atomic E-state index is 0.150. The number of aromatic nitrogens is 2. The number of hydrogen-bond donors (Lipinski definition) is 1. The molecule has 0 saturated heterocycles. The second kappa shape index (κ2) is 6.30. The van der Waals surface area contributed by atoms with Crippen molar-refractivity contribution in [2.45, 2.75) is 33.6 Å². The molecule has 2 rings (SSSR count). The smallest absolute Gasteiger partial charge is 0.141 e. The van der Waals surface area contributed by atoms with Crippen molar-refractivity contribution in [1.82, 2.24) is 9.97 Å². The van der Waals surface area contributed by atoms with Crippen LogP contribution in [0.15, 0.2) is 6.33 Å². The van der Waals surface area contributed by atoms with E-state index in [1.165, 1.54) is 10.4 Å². The summed E-state index contributed by atoms with van der Waals surface area (Å²) in [5, 5.41) is 10.4. The first-order valence-corrected chi connectivity index (χ1v) is 7.57. The highest BCUT2D eigenvalue weighted by molar-refractivity contribution is 7.18. The van der Waals surface area contributed by atoms with Gasteiger partial charge in [-0.25, -0.2) is 9.97 Å². The molecule has 0 bridgehead atoms. The van der Waals surface area contributed by atoms with E-state index in [9.17, 15) is 5.11 Å². The maximum absolute atomic E-state index is 9.26. The van der Waals surface area contributed by atoms with Crippen molar-refractivity contribution in [2.24, 2.45) is 0 Å². The van der Waals surface area contributed by atoms with Gasteiger partial charge in [0.25, 0.3) is 0 Å². The largest absolute Gasteiger partial charge is 0.395 e. The molecular weight excluding hydrogens is 258 g/mol. The van der Waals surface area contributed by atoms with E-state index < -0.39 is 0 Å². The molecule has 0 aliphatic heterocycles. The maximum atomic E-state index is 9.26. The Bertz CT molecular complexity index is 553. The summed E-state index contributed by atoms with van der Waals surface area (Å²) in [5.41, 5.74) is 1.26. The second-order valence-electron chi connectivity index (χ2n) is 4.72. The molecule has 19 heavy (non-hydrogen) atoms. The third-order valence-corrected chi connectivity index (χ3v) is 4.51. The highest BCUT2D eigenvalue weighted by Gasteiger charge is 2.16. The lowest BCUT2D eigenvalue weighted by atomic mass is 10.2. The van der Waals surface area contributed by atoms with Crippen LogP contribution >= 0.6 is 11.3 Å². The van der Waals surface area contributed by atoms with Crippen LogP contribution in [0.5, 0.6) is 0 Å². The highest BCUT2D eigenvalue weighted by atomic mass is 32.1. The number of aliphatic hydroxyl groups is 1. The van der Waals surface area contributed by atoms with Gasteiger partial charge in [0.1, 0.15) is 17.0 Å². The van der Waals surface area contributed by atoms with Crippen molar-refractivity contribution in [3.8, 4) is 0 Å². The number of hydrogen-bond acceptors (Lipinski definition) is 5. The molecule has 0 radical (unpaired) electrons. The third-order valence-electron chi connectivity index (χ3n) is 3.40. The van der Waals surface area contributed by atoms with E-state index in [0.29, 0.717) is 6.54 Å². The van der Waals surface area contributed by atoms with Gasteiger partial charge in [0.2, 0.25) is 0 Å². The molecule has 0 fully saturated rings. The van der Waals surface area contributed by atoms with Crippen LogP contribution in [0.3, 0.4) is 0 Å². The van der Waals surface area contributed by atoms with E-state index in [2.05, 4.69) is 35.6 Å². The van der Waals surface area contributed by atoms with Gasteiger partial charge in [0, 0.05) is 18.0 Å². The van der Waals surface area contributed by atoms with Crippen molar-refractivity contribution in [3.05, 3.63) is 16.8 Å². The van der Waals surface area contributed by atoms with Crippen molar-refractivity contribution in [1.29, 1.82) is 0 Å². The molecule has 0 spiro atoms. The summed E-state index contributed by atoms with van der Waals surface area (Å²) in [4.78, 5) is 13.3. The average Bonchev–Trinajstić information content (AvgIpc) is 2.70. The van der Waals surface area contributed by atoms with Crippen molar-refractivity contribution in [3.63, 3.8) is 0 Å². The maximum Gasteiger partial charge on any atom is 0.141 e. The summed E-state index contributed by atoms with van der Waals surface area (Å²) >= 11 is 1.71. The molecule has 0 atom stereocenters. The zero-order valence-electron chi connectivity index (χ0n) is 11.8. The van der Waals surface area contributed by atoms with Gasteiger partial charge in [-0.05, 0) is 25.8 Å². The second-order valence-corrected chi connectivity index (χ2v) is 5.93. The zero-order chi connectivity index (χ0) is 13.8. The molecule has 4 nitrogen and oxygen atoms in total. The first-order chi connectivity index (χ1) is 9.19. The van der Waals surface area contributed by atoms with Gasteiger partial charge in [-0.2, -0.15) is 0 Å². The molecule has 0 aromatic carbocycles. The molecule has 104 valence electrons. The molecule has 2 aromatic rings. The number of rotatable bonds is 6. The number of unbranched alkanes of at least 4 members (excludes halogenated alkanes) is 1. The minimum Gasteiger partial charge on any atom is -0.395 e. The van der Waals surface area contributed by atoms with Gasteiger partial charge >= 0.3 is 0 Å². The van der Waals surface area contributed by atoms with Crippen molar-refractivity contribution in [2.75, 3.05) is 24.6 Å². The van der Waals surface area contributed by atoms with Gasteiger partial charge in [-0.15, -0.1) is 11.3 Å². The summed E-state index contributed by atoms with van der Waals surface area (Å²) in [6.07, 6.45) is 3.87. The fraction of sp³-hybridized carbons (Fsp3) is 0.571. The topological polar surface area (TPSA) is 49.2 Å². The van der Waals surface area contributed by atoms with Crippen LogP contribution in [0.2, 0.25) is 0 Å². The average molecular weight is 279 g/mol. The zero-order valence-corrected chi connectivity index (χ0v) is 12.6. The van der Waals surface area contributed by atoms with E-state index in [-0.39, 0.29) is 6.61 Å². The highest BCUT2D eigenvalue weighted by Crippen LogP contribution is 2.34. The quantitative estimate of drug-likeness (QED) is 0.883. The first kappa shape index (κ1) is 14.2. The minimum atomic E-state index is 0.150.